The minimum Gasteiger partial charge on any atom is -0.265 e. The van der Waals surface area contributed by atoms with E-state index in [0.29, 0.717) is 11.8 Å². The molecule has 0 aliphatic rings. The summed E-state index contributed by atoms with van der Waals surface area (Å²) in [7, 11) is 0. The first-order valence-electron chi connectivity index (χ1n) is 8.41. The number of pyridine rings is 2. The van der Waals surface area contributed by atoms with Crippen LogP contribution in [0.4, 0.5) is 0 Å². The lowest BCUT2D eigenvalue weighted by Crippen LogP contribution is -1.85. The molecule has 0 aliphatic carbocycles. The monoisotopic (exact) mass is 302 g/mol. The zero-order valence-corrected chi connectivity index (χ0v) is 15.7. The Morgan fingerprint density at radius 1 is 0.636 bits per heavy atom. The molecular formula is C20H34N2. The first kappa shape index (κ1) is 22.6. The lowest BCUT2D eigenvalue weighted by atomic mass is 10.1. The summed E-state index contributed by atoms with van der Waals surface area (Å²) in [6.07, 6.45) is 7.36. The van der Waals surface area contributed by atoms with Crippen LogP contribution >= 0.6 is 0 Å². The van der Waals surface area contributed by atoms with Gasteiger partial charge in [-0.25, -0.2) is 0 Å². The van der Waals surface area contributed by atoms with Crippen LogP contribution in [0.2, 0.25) is 0 Å². The van der Waals surface area contributed by atoms with Crippen molar-refractivity contribution in [1.29, 1.82) is 0 Å². The van der Waals surface area contributed by atoms with Gasteiger partial charge in [-0.05, 0) is 41.2 Å². The van der Waals surface area contributed by atoms with Gasteiger partial charge in [-0.15, -0.1) is 0 Å². The number of hydrogen-bond acceptors (Lipinski definition) is 2. The molecule has 0 aliphatic heterocycles. The van der Waals surface area contributed by atoms with E-state index in [0.717, 1.165) is 0 Å². The number of hydrogen-bond donors (Lipinski definition) is 0. The van der Waals surface area contributed by atoms with Crippen molar-refractivity contribution in [2.24, 2.45) is 0 Å². The van der Waals surface area contributed by atoms with Crippen LogP contribution in [0, 0.1) is 0 Å². The van der Waals surface area contributed by atoms with Gasteiger partial charge in [0, 0.05) is 24.8 Å². The minimum atomic E-state index is 0.596. The van der Waals surface area contributed by atoms with E-state index in [4.69, 9.17) is 0 Å². The van der Waals surface area contributed by atoms with Gasteiger partial charge in [0.15, 0.2) is 0 Å². The van der Waals surface area contributed by atoms with Crippen LogP contribution < -0.4 is 0 Å². The van der Waals surface area contributed by atoms with Crippen LogP contribution in [0.3, 0.4) is 0 Å². The molecule has 2 rings (SSSR count). The van der Waals surface area contributed by atoms with Crippen molar-refractivity contribution >= 4 is 0 Å². The Morgan fingerprint density at radius 3 is 1.41 bits per heavy atom. The average molecular weight is 303 g/mol. The molecule has 0 spiro atoms. The molecule has 0 bridgehead atoms. The Balaban J connectivity index is 0. The highest BCUT2D eigenvalue weighted by molar-refractivity contribution is 5.13. The van der Waals surface area contributed by atoms with Gasteiger partial charge >= 0.3 is 0 Å². The molecule has 2 heterocycles. The number of aromatic nitrogens is 2. The molecule has 0 saturated heterocycles. The quantitative estimate of drug-likeness (QED) is 0.636. The molecule has 124 valence electrons. The van der Waals surface area contributed by atoms with Crippen LogP contribution in [0.1, 0.15) is 78.4 Å². The third-order valence-electron chi connectivity index (χ3n) is 2.72. The first-order valence-corrected chi connectivity index (χ1v) is 8.41. The second kappa shape index (κ2) is 15.7. The van der Waals surface area contributed by atoms with Crippen molar-refractivity contribution in [2.45, 2.75) is 67.2 Å². The van der Waals surface area contributed by atoms with Crippen molar-refractivity contribution in [3.8, 4) is 0 Å². The Bertz CT molecular complexity index is 378. The van der Waals surface area contributed by atoms with Crippen molar-refractivity contribution in [1.82, 2.24) is 9.97 Å². The first-order chi connectivity index (χ1) is 10.6. The summed E-state index contributed by atoms with van der Waals surface area (Å²) in [6, 6.07) is 8.16. The zero-order chi connectivity index (χ0) is 17.4. The smallest absolute Gasteiger partial charge is 0.0302 e. The molecule has 0 N–H and O–H groups in total. The van der Waals surface area contributed by atoms with Gasteiger partial charge in [0.2, 0.25) is 0 Å². The summed E-state index contributed by atoms with van der Waals surface area (Å²) < 4.78 is 0. The molecule has 0 radical (unpaired) electrons. The molecule has 2 aromatic rings. The maximum absolute atomic E-state index is 4.01. The predicted molar refractivity (Wildman–Crippen MR) is 99.3 cm³/mol. The van der Waals surface area contributed by atoms with Crippen LogP contribution in [0.25, 0.3) is 0 Å². The SMILES string of the molecule is CC.CC.CC(C)c1cccnc1.CC(C)c1ccncc1. The molecule has 22 heavy (non-hydrogen) atoms. The normalized spacial score (nSPS) is 8.82. The van der Waals surface area contributed by atoms with E-state index in [1.807, 2.05) is 64.5 Å². The van der Waals surface area contributed by atoms with Gasteiger partial charge in [-0.1, -0.05) is 61.5 Å². The van der Waals surface area contributed by atoms with Crippen LogP contribution in [-0.2, 0) is 0 Å². The van der Waals surface area contributed by atoms with Crippen molar-refractivity contribution < 1.29 is 0 Å². The lowest BCUT2D eigenvalue weighted by Gasteiger charge is -2.01. The molecule has 2 heteroatoms. The molecule has 2 nitrogen and oxygen atoms in total. The summed E-state index contributed by atoms with van der Waals surface area (Å²) in [5.41, 5.74) is 2.66. The molecule has 0 atom stereocenters. The molecule has 0 unspecified atom stereocenters. The van der Waals surface area contributed by atoms with E-state index in [1.165, 1.54) is 11.1 Å². The number of nitrogens with zero attached hydrogens (tertiary/aromatic N) is 2. The fourth-order valence-electron chi connectivity index (χ4n) is 1.47. The molecular weight excluding hydrogens is 268 g/mol. The van der Waals surface area contributed by atoms with Gasteiger partial charge in [0.05, 0.1) is 0 Å². The highest BCUT2D eigenvalue weighted by Gasteiger charge is 1.94. The maximum atomic E-state index is 4.01. The Hall–Kier alpha value is -1.70. The van der Waals surface area contributed by atoms with Crippen molar-refractivity contribution in [3.05, 3.63) is 60.2 Å². The van der Waals surface area contributed by atoms with E-state index < -0.39 is 0 Å². The maximum Gasteiger partial charge on any atom is 0.0302 e. The van der Waals surface area contributed by atoms with E-state index in [-0.39, 0.29) is 0 Å². The average Bonchev–Trinajstić information content (AvgIpc) is 2.60. The highest BCUT2D eigenvalue weighted by Crippen LogP contribution is 2.11. The van der Waals surface area contributed by atoms with Crippen LogP contribution in [-0.4, -0.2) is 9.97 Å². The number of rotatable bonds is 2. The Kier molecular flexibility index (Phi) is 16.1. The Labute approximate surface area is 138 Å². The largest absolute Gasteiger partial charge is 0.265 e. The van der Waals surface area contributed by atoms with Gasteiger partial charge in [-0.3, -0.25) is 9.97 Å². The summed E-state index contributed by atoms with van der Waals surface area (Å²) >= 11 is 0. The Morgan fingerprint density at radius 2 is 1.14 bits per heavy atom. The van der Waals surface area contributed by atoms with E-state index in [2.05, 4.69) is 43.7 Å². The van der Waals surface area contributed by atoms with Gasteiger partial charge in [0.25, 0.3) is 0 Å². The molecule has 0 amide bonds. The van der Waals surface area contributed by atoms with Gasteiger partial charge in [-0.2, -0.15) is 0 Å². The predicted octanol–water partition coefficient (Wildman–Crippen LogP) is 6.46. The molecule has 0 fully saturated rings. The summed E-state index contributed by atoms with van der Waals surface area (Å²) in [6.45, 7) is 16.7. The summed E-state index contributed by atoms with van der Waals surface area (Å²) in [4.78, 5) is 7.93. The van der Waals surface area contributed by atoms with Crippen molar-refractivity contribution in [3.63, 3.8) is 0 Å². The van der Waals surface area contributed by atoms with E-state index in [9.17, 15) is 0 Å². The fraction of sp³-hybridized carbons (Fsp3) is 0.500. The molecule has 0 aromatic carbocycles. The fourth-order valence-corrected chi connectivity index (χ4v) is 1.47. The highest BCUT2D eigenvalue weighted by atomic mass is 14.6. The second-order valence-corrected chi connectivity index (χ2v) is 4.88. The zero-order valence-electron chi connectivity index (χ0n) is 15.7. The molecule has 0 saturated carbocycles. The van der Waals surface area contributed by atoms with E-state index in [1.54, 1.807) is 6.20 Å². The standard InChI is InChI=1S/2C8H11N.2C2H6/c1-7(2)8-3-5-9-6-4-8;1-7(2)8-4-3-5-9-6-8;2*1-2/h2*3-7H,1-2H3;2*1-2H3. The van der Waals surface area contributed by atoms with E-state index >= 15 is 0 Å². The lowest BCUT2D eigenvalue weighted by molar-refractivity contribution is 0.858. The molecule has 2 aromatic heterocycles. The third-order valence-corrected chi connectivity index (χ3v) is 2.72. The van der Waals surface area contributed by atoms with Gasteiger partial charge < -0.3 is 0 Å². The van der Waals surface area contributed by atoms with Crippen LogP contribution in [0.5, 0.6) is 0 Å². The summed E-state index contributed by atoms with van der Waals surface area (Å²) in [5.74, 6) is 1.21. The second-order valence-electron chi connectivity index (χ2n) is 4.88. The van der Waals surface area contributed by atoms with Gasteiger partial charge in [0.1, 0.15) is 0 Å². The van der Waals surface area contributed by atoms with Crippen LogP contribution in [0.15, 0.2) is 49.1 Å². The minimum absolute atomic E-state index is 0.596. The van der Waals surface area contributed by atoms with Crippen molar-refractivity contribution in [2.75, 3.05) is 0 Å². The third kappa shape index (κ3) is 11.0. The summed E-state index contributed by atoms with van der Waals surface area (Å²) in [5, 5.41) is 0. The topological polar surface area (TPSA) is 25.8 Å².